The summed E-state index contributed by atoms with van der Waals surface area (Å²) in [6, 6.07) is 0.402. The van der Waals surface area contributed by atoms with Gasteiger partial charge in [-0.25, -0.2) is 0 Å². The highest BCUT2D eigenvalue weighted by molar-refractivity contribution is 5.61. The van der Waals surface area contributed by atoms with Gasteiger partial charge < -0.3 is 4.74 Å². The number of rotatable bonds is 0. The molecule has 0 aromatic rings. The fraction of sp³-hybridized carbons (Fsp3) is 0.833. The summed E-state index contributed by atoms with van der Waals surface area (Å²) in [5.74, 6) is 0. The van der Waals surface area contributed by atoms with E-state index < -0.39 is 0 Å². The maximum Gasteiger partial charge on any atom is 0.131 e. The van der Waals surface area contributed by atoms with Crippen molar-refractivity contribution in [1.82, 2.24) is 5.32 Å². The molecule has 0 amide bonds. The van der Waals surface area contributed by atoms with E-state index in [2.05, 4.69) is 10.3 Å². The third-order valence-corrected chi connectivity index (χ3v) is 1.77. The maximum atomic E-state index is 5.33. The van der Waals surface area contributed by atoms with E-state index >= 15 is 0 Å². The topological polar surface area (TPSA) is 33.6 Å². The van der Waals surface area contributed by atoms with Gasteiger partial charge in [0.25, 0.3) is 0 Å². The van der Waals surface area contributed by atoms with E-state index in [0.717, 1.165) is 19.6 Å². The molecule has 1 N–H and O–H groups in total. The SMILES string of the molecule is C1=NC2CCOC2NC1. The largest absolute Gasteiger partial charge is 0.361 e. The molecular weight excluding hydrogens is 116 g/mol. The average molecular weight is 126 g/mol. The first-order valence-corrected chi connectivity index (χ1v) is 3.33. The molecule has 2 aliphatic rings. The van der Waals surface area contributed by atoms with E-state index in [9.17, 15) is 0 Å². The minimum atomic E-state index is 0.218. The van der Waals surface area contributed by atoms with Gasteiger partial charge >= 0.3 is 0 Å². The molecule has 0 saturated carbocycles. The molecule has 1 fully saturated rings. The normalized spacial score (nSPS) is 40.9. The fourth-order valence-electron chi connectivity index (χ4n) is 1.28. The highest BCUT2D eigenvalue weighted by Gasteiger charge is 2.28. The number of fused-ring (bicyclic) bond motifs is 1. The van der Waals surface area contributed by atoms with Crippen molar-refractivity contribution >= 4 is 6.21 Å². The Hall–Kier alpha value is -0.410. The van der Waals surface area contributed by atoms with E-state index in [0.29, 0.717) is 6.04 Å². The second kappa shape index (κ2) is 2.08. The summed E-state index contributed by atoms with van der Waals surface area (Å²) >= 11 is 0. The predicted octanol–water partition coefficient (Wildman–Crippen LogP) is -0.225. The molecule has 0 spiro atoms. The first-order valence-electron chi connectivity index (χ1n) is 3.33. The van der Waals surface area contributed by atoms with Crippen molar-refractivity contribution in [3.05, 3.63) is 0 Å². The molecule has 2 unspecified atom stereocenters. The molecule has 3 heteroatoms. The molecule has 2 heterocycles. The summed E-state index contributed by atoms with van der Waals surface area (Å²) in [5, 5.41) is 3.21. The zero-order valence-corrected chi connectivity index (χ0v) is 5.21. The van der Waals surface area contributed by atoms with Gasteiger partial charge in [-0.3, -0.25) is 10.3 Å². The van der Waals surface area contributed by atoms with Crippen LogP contribution in [0.1, 0.15) is 6.42 Å². The van der Waals surface area contributed by atoms with Crippen LogP contribution in [0.15, 0.2) is 4.99 Å². The summed E-state index contributed by atoms with van der Waals surface area (Å²) in [4.78, 5) is 4.28. The Labute approximate surface area is 54.1 Å². The Morgan fingerprint density at radius 3 is 3.56 bits per heavy atom. The molecule has 3 nitrogen and oxygen atoms in total. The molecule has 50 valence electrons. The lowest BCUT2D eigenvalue weighted by atomic mass is 10.2. The second-order valence-electron chi connectivity index (χ2n) is 2.39. The van der Waals surface area contributed by atoms with Crippen molar-refractivity contribution in [2.24, 2.45) is 4.99 Å². The minimum absolute atomic E-state index is 0.218. The number of hydrogen-bond donors (Lipinski definition) is 1. The van der Waals surface area contributed by atoms with Crippen molar-refractivity contribution in [1.29, 1.82) is 0 Å². The summed E-state index contributed by atoms with van der Waals surface area (Å²) in [5.41, 5.74) is 0. The second-order valence-corrected chi connectivity index (χ2v) is 2.39. The number of nitrogens with zero attached hydrogens (tertiary/aromatic N) is 1. The number of hydrogen-bond acceptors (Lipinski definition) is 3. The van der Waals surface area contributed by atoms with Crippen molar-refractivity contribution in [3.63, 3.8) is 0 Å². The predicted molar refractivity (Wildman–Crippen MR) is 34.6 cm³/mol. The van der Waals surface area contributed by atoms with Crippen LogP contribution in [0.2, 0.25) is 0 Å². The molecule has 0 aliphatic carbocycles. The van der Waals surface area contributed by atoms with Crippen molar-refractivity contribution < 1.29 is 4.74 Å². The highest BCUT2D eigenvalue weighted by Crippen LogP contribution is 2.15. The van der Waals surface area contributed by atoms with Crippen LogP contribution >= 0.6 is 0 Å². The molecule has 0 aromatic heterocycles. The van der Waals surface area contributed by atoms with Gasteiger partial charge in [-0.2, -0.15) is 0 Å². The van der Waals surface area contributed by atoms with Gasteiger partial charge in [0.2, 0.25) is 0 Å². The summed E-state index contributed by atoms with van der Waals surface area (Å²) in [6.07, 6.45) is 3.22. The first-order chi connectivity index (χ1) is 4.47. The van der Waals surface area contributed by atoms with E-state index in [1.165, 1.54) is 0 Å². The van der Waals surface area contributed by atoms with E-state index in [1.807, 2.05) is 6.21 Å². The smallest absolute Gasteiger partial charge is 0.131 e. The Morgan fingerprint density at radius 2 is 2.67 bits per heavy atom. The lowest BCUT2D eigenvalue weighted by molar-refractivity contribution is 0.0792. The van der Waals surface area contributed by atoms with Crippen LogP contribution in [-0.4, -0.2) is 31.6 Å². The number of aliphatic imine (C=N–C) groups is 1. The molecule has 2 aliphatic heterocycles. The molecule has 1 saturated heterocycles. The minimum Gasteiger partial charge on any atom is -0.361 e. The van der Waals surface area contributed by atoms with Crippen LogP contribution in [0.25, 0.3) is 0 Å². The van der Waals surface area contributed by atoms with Crippen molar-refractivity contribution in [2.45, 2.75) is 18.7 Å². The highest BCUT2D eigenvalue weighted by atomic mass is 16.5. The van der Waals surface area contributed by atoms with Crippen LogP contribution in [-0.2, 0) is 4.74 Å². The zero-order chi connectivity index (χ0) is 6.10. The first kappa shape index (κ1) is 5.38. The third-order valence-electron chi connectivity index (χ3n) is 1.77. The van der Waals surface area contributed by atoms with E-state index in [4.69, 9.17) is 4.74 Å². The van der Waals surface area contributed by atoms with Gasteiger partial charge in [0.15, 0.2) is 0 Å². The fourth-order valence-corrected chi connectivity index (χ4v) is 1.28. The third kappa shape index (κ3) is 0.862. The van der Waals surface area contributed by atoms with Gasteiger partial charge in [-0.15, -0.1) is 0 Å². The lowest BCUT2D eigenvalue weighted by Gasteiger charge is -2.19. The summed E-state index contributed by atoms with van der Waals surface area (Å²) in [7, 11) is 0. The summed E-state index contributed by atoms with van der Waals surface area (Å²) < 4.78 is 5.33. The molecule has 2 atom stereocenters. The molecule has 9 heavy (non-hydrogen) atoms. The van der Waals surface area contributed by atoms with E-state index in [1.54, 1.807) is 0 Å². The number of ether oxygens (including phenoxy) is 1. The Balaban J connectivity index is 2.10. The number of nitrogens with one attached hydrogen (secondary N) is 1. The monoisotopic (exact) mass is 126 g/mol. The van der Waals surface area contributed by atoms with Crippen molar-refractivity contribution in [3.8, 4) is 0 Å². The molecular formula is C6H10N2O. The van der Waals surface area contributed by atoms with Gasteiger partial charge in [-0.1, -0.05) is 0 Å². The Bertz CT molecular complexity index is 135. The lowest BCUT2D eigenvalue weighted by Crippen LogP contribution is -2.40. The molecule has 0 aromatic carbocycles. The molecule has 0 radical (unpaired) electrons. The zero-order valence-electron chi connectivity index (χ0n) is 5.21. The van der Waals surface area contributed by atoms with Crippen LogP contribution in [0.3, 0.4) is 0 Å². The Morgan fingerprint density at radius 1 is 1.67 bits per heavy atom. The van der Waals surface area contributed by atoms with Gasteiger partial charge in [-0.05, 0) is 6.42 Å². The average Bonchev–Trinajstić information content (AvgIpc) is 2.33. The van der Waals surface area contributed by atoms with Gasteiger partial charge in [0.05, 0.1) is 12.6 Å². The maximum absolute atomic E-state index is 5.33. The van der Waals surface area contributed by atoms with Crippen molar-refractivity contribution in [2.75, 3.05) is 13.2 Å². The summed E-state index contributed by atoms with van der Waals surface area (Å²) in [6.45, 7) is 1.72. The quantitative estimate of drug-likeness (QED) is 0.486. The molecule has 0 bridgehead atoms. The van der Waals surface area contributed by atoms with Gasteiger partial charge in [0, 0.05) is 12.8 Å². The standard InChI is InChI=1S/C6H10N2O/c1-4-9-6-5(1)7-2-3-8-6/h2,5-6,8H,1,3-4H2. The van der Waals surface area contributed by atoms with Crippen LogP contribution < -0.4 is 5.32 Å². The van der Waals surface area contributed by atoms with Crippen LogP contribution in [0, 0.1) is 0 Å². The van der Waals surface area contributed by atoms with Crippen LogP contribution in [0.5, 0.6) is 0 Å². The molecule has 2 rings (SSSR count). The van der Waals surface area contributed by atoms with Gasteiger partial charge in [0.1, 0.15) is 6.23 Å². The van der Waals surface area contributed by atoms with Crippen LogP contribution in [0.4, 0.5) is 0 Å². The van der Waals surface area contributed by atoms with E-state index in [-0.39, 0.29) is 6.23 Å². The Kier molecular flexibility index (Phi) is 1.24.